The Balaban J connectivity index is 1.45. The second kappa shape index (κ2) is 10.1. The number of hydrogen-bond acceptors (Lipinski definition) is 10. The monoisotopic (exact) mass is 570 g/mol. The summed E-state index contributed by atoms with van der Waals surface area (Å²) < 4.78 is 48.4. The molecule has 0 bridgehead atoms. The summed E-state index contributed by atoms with van der Waals surface area (Å²) in [6.07, 6.45) is 0.321. The van der Waals surface area contributed by atoms with E-state index in [-0.39, 0.29) is 46.4 Å². The third kappa shape index (κ3) is 5.08. The lowest BCUT2D eigenvalue weighted by molar-refractivity contribution is -0.138. The van der Waals surface area contributed by atoms with E-state index in [9.17, 15) is 27.6 Å². The number of amides is 1. The van der Waals surface area contributed by atoms with E-state index >= 15 is 0 Å². The first-order valence-corrected chi connectivity index (χ1v) is 12.0. The fourth-order valence-corrected chi connectivity index (χ4v) is 4.14. The summed E-state index contributed by atoms with van der Waals surface area (Å²) in [6, 6.07) is -0.129. The highest BCUT2D eigenvalue weighted by atomic mass is 19.4. The van der Waals surface area contributed by atoms with E-state index in [1.54, 1.807) is 6.92 Å². The zero-order chi connectivity index (χ0) is 29.6. The van der Waals surface area contributed by atoms with Crippen molar-refractivity contribution in [2.45, 2.75) is 39.5 Å². The molecule has 14 nitrogen and oxygen atoms in total. The molecule has 17 heteroatoms. The van der Waals surface area contributed by atoms with E-state index in [1.807, 2.05) is 0 Å². The quantitative estimate of drug-likeness (QED) is 0.319. The van der Waals surface area contributed by atoms with Crippen LogP contribution in [0, 0.1) is 13.8 Å². The van der Waals surface area contributed by atoms with Crippen LogP contribution in [0.1, 0.15) is 35.9 Å². The number of nitrogens with zero attached hydrogens (tertiary/aromatic N) is 9. The van der Waals surface area contributed by atoms with Crippen LogP contribution < -0.4 is 16.6 Å². The lowest BCUT2D eigenvalue weighted by Crippen LogP contribution is -2.40. The SMILES string of the molecule is Cc1noc(Cn2c(=O)c3c(ncn3C(C)C(=O)Nc3cncc(-c4cnc(C)c(C(F)(F)F)c4)n3)n(C)c2=O)n1. The Morgan fingerprint density at radius 1 is 1.12 bits per heavy atom. The van der Waals surface area contributed by atoms with Gasteiger partial charge in [0, 0.05) is 24.5 Å². The van der Waals surface area contributed by atoms with Gasteiger partial charge in [-0.3, -0.25) is 24.1 Å². The molecule has 0 fully saturated rings. The fraction of sp³-hybridized carbons (Fsp3) is 0.292. The smallest absolute Gasteiger partial charge is 0.337 e. The van der Waals surface area contributed by atoms with Crippen molar-refractivity contribution in [2.75, 3.05) is 5.32 Å². The lowest BCUT2D eigenvalue weighted by Gasteiger charge is -2.15. The van der Waals surface area contributed by atoms with Gasteiger partial charge in [-0.25, -0.2) is 19.3 Å². The molecule has 0 aromatic carbocycles. The van der Waals surface area contributed by atoms with Crippen LogP contribution in [0.15, 0.2) is 45.1 Å². The number of carbonyl (C=O) groups is 1. The first-order valence-electron chi connectivity index (χ1n) is 12.0. The maximum atomic E-state index is 13.4. The second-order valence-corrected chi connectivity index (χ2v) is 9.10. The van der Waals surface area contributed by atoms with E-state index in [4.69, 9.17) is 4.52 Å². The summed E-state index contributed by atoms with van der Waals surface area (Å²) in [4.78, 5) is 59.5. The van der Waals surface area contributed by atoms with E-state index in [0.29, 0.717) is 5.82 Å². The van der Waals surface area contributed by atoms with E-state index in [1.165, 1.54) is 50.4 Å². The average Bonchev–Trinajstić information content (AvgIpc) is 3.55. The van der Waals surface area contributed by atoms with Crippen molar-refractivity contribution in [1.29, 1.82) is 0 Å². The van der Waals surface area contributed by atoms with Crippen LogP contribution in [0.3, 0.4) is 0 Å². The summed E-state index contributed by atoms with van der Waals surface area (Å²) in [6.45, 7) is 4.03. The largest absolute Gasteiger partial charge is 0.418 e. The number of carbonyl (C=O) groups excluding carboxylic acids is 1. The summed E-state index contributed by atoms with van der Waals surface area (Å²) in [5, 5.41) is 6.20. The fourth-order valence-electron chi connectivity index (χ4n) is 4.14. The molecule has 5 aromatic rings. The molecular weight excluding hydrogens is 549 g/mol. The molecule has 5 heterocycles. The summed E-state index contributed by atoms with van der Waals surface area (Å²) in [7, 11) is 1.42. The number of alkyl halides is 3. The third-order valence-corrected chi connectivity index (χ3v) is 6.29. The number of anilines is 1. The van der Waals surface area contributed by atoms with E-state index in [0.717, 1.165) is 15.2 Å². The minimum atomic E-state index is -4.61. The number of fused-ring (bicyclic) bond motifs is 1. The predicted molar refractivity (Wildman–Crippen MR) is 136 cm³/mol. The zero-order valence-electron chi connectivity index (χ0n) is 22.0. The zero-order valence-corrected chi connectivity index (χ0v) is 22.0. The Kier molecular flexibility index (Phi) is 6.72. The van der Waals surface area contributed by atoms with Gasteiger partial charge < -0.3 is 14.4 Å². The first kappa shape index (κ1) is 27.4. The minimum Gasteiger partial charge on any atom is -0.337 e. The molecule has 1 amide bonds. The molecule has 0 aliphatic heterocycles. The van der Waals surface area contributed by atoms with Crippen LogP contribution in [0.4, 0.5) is 19.0 Å². The van der Waals surface area contributed by atoms with Gasteiger partial charge in [-0.15, -0.1) is 0 Å². The van der Waals surface area contributed by atoms with E-state index < -0.39 is 34.9 Å². The number of nitrogens with one attached hydrogen (secondary N) is 1. The van der Waals surface area contributed by atoms with Crippen molar-refractivity contribution in [1.82, 2.24) is 43.8 Å². The highest BCUT2D eigenvalue weighted by Gasteiger charge is 2.33. The van der Waals surface area contributed by atoms with Crippen LogP contribution in [0.25, 0.3) is 22.4 Å². The maximum absolute atomic E-state index is 13.4. The Labute approximate surface area is 227 Å². The summed E-state index contributed by atoms with van der Waals surface area (Å²) >= 11 is 0. The van der Waals surface area contributed by atoms with Crippen molar-refractivity contribution < 1.29 is 22.5 Å². The highest BCUT2D eigenvalue weighted by molar-refractivity contribution is 5.93. The molecule has 1 N–H and O–H groups in total. The van der Waals surface area contributed by atoms with Crippen LogP contribution >= 0.6 is 0 Å². The van der Waals surface area contributed by atoms with Gasteiger partial charge in [-0.05, 0) is 26.8 Å². The number of aryl methyl sites for hydroxylation is 3. The molecule has 1 unspecified atom stereocenters. The Morgan fingerprint density at radius 3 is 2.56 bits per heavy atom. The van der Waals surface area contributed by atoms with Gasteiger partial charge in [-0.2, -0.15) is 18.2 Å². The van der Waals surface area contributed by atoms with Gasteiger partial charge in [-0.1, -0.05) is 5.16 Å². The van der Waals surface area contributed by atoms with E-state index in [2.05, 4.69) is 35.4 Å². The van der Waals surface area contributed by atoms with Crippen LogP contribution in [-0.4, -0.2) is 49.7 Å². The first-order chi connectivity index (χ1) is 19.3. The molecule has 0 radical (unpaired) electrons. The molecule has 0 spiro atoms. The van der Waals surface area contributed by atoms with Crippen molar-refractivity contribution in [3.05, 3.63) is 74.8 Å². The third-order valence-electron chi connectivity index (χ3n) is 6.29. The van der Waals surface area contributed by atoms with Crippen molar-refractivity contribution in [3.63, 3.8) is 0 Å². The molecular formula is C24H21F3N10O4. The molecule has 41 heavy (non-hydrogen) atoms. The standard InChI is InChI=1S/C24H21F3N10O4/c1-11-15(24(25,26)27)5-14(6-29-11)16-7-28-8-17(32-16)33-21(38)12(2)37-10-30-20-19(37)22(39)36(23(40)35(20)4)9-18-31-13(3)34-41-18/h5-8,10,12H,9H2,1-4H3,(H,32,33,38). The summed E-state index contributed by atoms with van der Waals surface area (Å²) in [5.41, 5.74) is -2.39. The topological polar surface area (TPSA) is 169 Å². The molecule has 1 atom stereocenters. The Bertz CT molecular complexity index is 1920. The molecule has 5 rings (SSSR count). The molecule has 0 saturated heterocycles. The Hall–Kier alpha value is -5.22. The normalized spacial score (nSPS) is 12.6. The van der Waals surface area contributed by atoms with Crippen molar-refractivity contribution >= 4 is 22.9 Å². The van der Waals surface area contributed by atoms with Crippen molar-refractivity contribution in [2.24, 2.45) is 7.05 Å². The number of rotatable bonds is 6. The lowest BCUT2D eigenvalue weighted by atomic mass is 10.1. The number of halogens is 3. The number of hydrogen-bond donors (Lipinski definition) is 1. The van der Waals surface area contributed by atoms with Crippen LogP contribution in [0.2, 0.25) is 0 Å². The molecule has 0 saturated carbocycles. The van der Waals surface area contributed by atoms with Crippen LogP contribution in [-0.2, 0) is 24.6 Å². The van der Waals surface area contributed by atoms with Gasteiger partial charge in [0.1, 0.15) is 12.6 Å². The number of pyridine rings is 1. The number of imidazole rings is 1. The molecule has 5 aromatic heterocycles. The Morgan fingerprint density at radius 2 is 1.88 bits per heavy atom. The van der Waals surface area contributed by atoms with Gasteiger partial charge in [0.2, 0.25) is 11.8 Å². The highest BCUT2D eigenvalue weighted by Crippen LogP contribution is 2.33. The van der Waals surface area contributed by atoms with Gasteiger partial charge >= 0.3 is 11.9 Å². The predicted octanol–water partition coefficient (Wildman–Crippen LogP) is 2.02. The molecule has 0 aliphatic carbocycles. The average molecular weight is 570 g/mol. The molecule has 0 aliphatic rings. The number of aromatic nitrogens is 9. The van der Waals surface area contributed by atoms with Gasteiger partial charge in [0.25, 0.3) is 5.56 Å². The van der Waals surface area contributed by atoms with Gasteiger partial charge in [0.15, 0.2) is 22.8 Å². The summed E-state index contributed by atoms with van der Waals surface area (Å²) in [5.74, 6) is -0.314. The van der Waals surface area contributed by atoms with Gasteiger partial charge in [0.05, 0.1) is 30.0 Å². The molecule has 212 valence electrons. The van der Waals surface area contributed by atoms with Crippen LogP contribution in [0.5, 0.6) is 0 Å². The minimum absolute atomic E-state index is 0.0313. The second-order valence-electron chi connectivity index (χ2n) is 9.10. The maximum Gasteiger partial charge on any atom is 0.418 e. The van der Waals surface area contributed by atoms with Crippen molar-refractivity contribution in [3.8, 4) is 11.3 Å².